The highest BCUT2D eigenvalue weighted by molar-refractivity contribution is 5.97. The lowest BCUT2D eigenvalue weighted by molar-refractivity contribution is -0.116. The van der Waals surface area contributed by atoms with E-state index in [1.165, 1.54) is 30.4 Å². The maximum atomic E-state index is 11.2. The molecule has 0 N–H and O–H groups in total. The van der Waals surface area contributed by atoms with Crippen LogP contribution in [-0.2, 0) is 4.79 Å². The number of Topliss-reactive ketones (excluding diaryl/α,β-unsaturated/α-hetero) is 1. The zero-order chi connectivity index (χ0) is 6.97. The number of carbonyl (C=O) groups is 1. The van der Waals surface area contributed by atoms with Gasteiger partial charge in [0.15, 0.2) is 5.78 Å². The third-order valence-corrected chi connectivity index (χ3v) is 2.34. The summed E-state index contributed by atoms with van der Waals surface area (Å²) in [6, 6.07) is 0. The van der Waals surface area contributed by atoms with Crippen LogP contribution < -0.4 is 0 Å². The third kappa shape index (κ3) is 1.00. The number of rotatable bonds is 0. The molecule has 0 saturated heterocycles. The van der Waals surface area contributed by atoms with Gasteiger partial charge < -0.3 is 0 Å². The fourth-order valence-corrected chi connectivity index (χ4v) is 1.62. The normalized spacial score (nSPS) is 25.4. The molecule has 2 rings (SSSR count). The Balaban J connectivity index is 2.18. The second-order valence-electron chi connectivity index (χ2n) is 3.21. The van der Waals surface area contributed by atoms with Gasteiger partial charge in [0.25, 0.3) is 0 Å². The van der Waals surface area contributed by atoms with Gasteiger partial charge in [0.2, 0.25) is 0 Å². The van der Waals surface area contributed by atoms with Crippen LogP contribution in [0.4, 0.5) is 0 Å². The molecule has 2 aliphatic carbocycles. The molecule has 1 nitrogen and oxygen atoms in total. The molecule has 2 aliphatic rings. The predicted molar refractivity (Wildman–Crippen MR) is 39.7 cm³/mol. The second-order valence-corrected chi connectivity index (χ2v) is 3.21. The molecule has 0 aromatic rings. The molecule has 10 heavy (non-hydrogen) atoms. The smallest absolute Gasteiger partial charge is 0.158 e. The van der Waals surface area contributed by atoms with E-state index in [0.29, 0.717) is 5.78 Å². The fraction of sp³-hybridized carbons (Fsp3) is 0.667. The Morgan fingerprint density at radius 2 is 1.60 bits per heavy atom. The summed E-state index contributed by atoms with van der Waals surface area (Å²) < 4.78 is 0. The van der Waals surface area contributed by atoms with Gasteiger partial charge in [-0.05, 0) is 37.7 Å². The quantitative estimate of drug-likeness (QED) is 0.467. The number of hydrogen-bond donors (Lipinski definition) is 0. The SMILES string of the molecule is O=C1CCCCC1=C1CC1. The predicted octanol–water partition coefficient (Wildman–Crippen LogP) is 2.22. The third-order valence-electron chi connectivity index (χ3n) is 2.34. The largest absolute Gasteiger partial charge is 0.295 e. The molecular weight excluding hydrogens is 124 g/mol. The van der Waals surface area contributed by atoms with Gasteiger partial charge >= 0.3 is 0 Å². The molecule has 1 heteroatoms. The first-order valence-electron chi connectivity index (χ1n) is 4.12. The lowest BCUT2D eigenvalue weighted by Crippen LogP contribution is -2.08. The monoisotopic (exact) mass is 136 g/mol. The average molecular weight is 136 g/mol. The van der Waals surface area contributed by atoms with Crippen molar-refractivity contribution >= 4 is 5.78 Å². The van der Waals surface area contributed by atoms with Gasteiger partial charge in [-0.3, -0.25) is 4.79 Å². The maximum absolute atomic E-state index is 11.2. The summed E-state index contributed by atoms with van der Waals surface area (Å²) >= 11 is 0. The van der Waals surface area contributed by atoms with E-state index in [1.807, 2.05) is 0 Å². The van der Waals surface area contributed by atoms with Crippen molar-refractivity contribution in [2.45, 2.75) is 38.5 Å². The van der Waals surface area contributed by atoms with Gasteiger partial charge in [0.1, 0.15) is 0 Å². The van der Waals surface area contributed by atoms with E-state index in [2.05, 4.69) is 0 Å². The summed E-state index contributed by atoms with van der Waals surface area (Å²) in [5, 5.41) is 0. The summed E-state index contributed by atoms with van der Waals surface area (Å²) in [6.45, 7) is 0. The molecule has 0 aliphatic heterocycles. The van der Waals surface area contributed by atoms with Crippen LogP contribution in [0.5, 0.6) is 0 Å². The lowest BCUT2D eigenvalue weighted by Gasteiger charge is -2.11. The van der Waals surface area contributed by atoms with E-state index in [-0.39, 0.29) is 0 Å². The van der Waals surface area contributed by atoms with Crippen LogP contribution in [0.3, 0.4) is 0 Å². The molecule has 0 aromatic heterocycles. The van der Waals surface area contributed by atoms with Crippen molar-refractivity contribution in [2.75, 3.05) is 0 Å². The number of carbonyl (C=O) groups excluding carboxylic acids is 1. The highest BCUT2D eigenvalue weighted by Crippen LogP contribution is 2.36. The molecule has 0 aromatic carbocycles. The number of hydrogen-bond acceptors (Lipinski definition) is 1. The fourth-order valence-electron chi connectivity index (χ4n) is 1.62. The molecule has 0 heterocycles. The average Bonchev–Trinajstić information content (AvgIpc) is 2.71. The summed E-state index contributed by atoms with van der Waals surface area (Å²) in [5.41, 5.74) is 2.66. The van der Waals surface area contributed by atoms with E-state index >= 15 is 0 Å². The molecule has 2 fully saturated rings. The van der Waals surface area contributed by atoms with Crippen LogP contribution in [0.15, 0.2) is 11.1 Å². The van der Waals surface area contributed by atoms with Crippen LogP contribution in [0, 0.1) is 0 Å². The van der Waals surface area contributed by atoms with Crippen molar-refractivity contribution in [3.63, 3.8) is 0 Å². The van der Waals surface area contributed by atoms with E-state index in [1.54, 1.807) is 0 Å². The zero-order valence-corrected chi connectivity index (χ0v) is 6.15. The summed E-state index contributed by atoms with van der Waals surface area (Å²) in [5.74, 6) is 0.443. The first-order chi connectivity index (χ1) is 4.88. The van der Waals surface area contributed by atoms with E-state index in [9.17, 15) is 4.79 Å². The topological polar surface area (TPSA) is 17.1 Å². The summed E-state index contributed by atoms with van der Waals surface area (Å²) in [7, 11) is 0. The molecule has 2 saturated carbocycles. The van der Waals surface area contributed by atoms with Crippen molar-refractivity contribution in [1.82, 2.24) is 0 Å². The minimum atomic E-state index is 0.443. The van der Waals surface area contributed by atoms with Crippen LogP contribution >= 0.6 is 0 Å². The van der Waals surface area contributed by atoms with E-state index in [4.69, 9.17) is 0 Å². The van der Waals surface area contributed by atoms with Gasteiger partial charge in [-0.1, -0.05) is 5.57 Å². The van der Waals surface area contributed by atoms with Gasteiger partial charge in [0, 0.05) is 6.42 Å². The molecule has 0 unspecified atom stereocenters. The summed E-state index contributed by atoms with van der Waals surface area (Å²) in [6.07, 6.45) is 6.68. The minimum absolute atomic E-state index is 0.443. The molecule has 0 radical (unpaired) electrons. The highest BCUT2D eigenvalue weighted by atomic mass is 16.1. The van der Waals surface area contributed by atoms with E-state index < -0.39 is 0 Å². The number of allylic oxidation sites excluding steroid dienone is 2. The minimum Gasteiger partial charge on any atom is -0.295 e. The maximum Gasteiger partial charge on any atom is 0.158 e. The molecule has 54 valence electrons. The molecule has 0 amide bonds. The van der Waals surface area contributed by atoms with Crippen LogP contribution in [0.2, 0.25) is 0 Å². The van der Waals surface area contributed by atoms with Crippen molar-refractivity contribution < 1.29 is 4.79 Å². The first kappa shape index (κ1) is 6.14. The van der Waals surface area contributed by atoms with Crippen molar-refractivity contribution in [3.05, 3.63) is 11.1 Å². The van der Waals surface area contributed by atoms with E-state index in [0.717, 1.165) is 19.3 Å². The Kier molecular flexibility index (Phi) is 1.37. The van der Waals surface area contributed by atoms with Crippen molar-refractivity contribution in [2.24, 2.45) is 0 Å². The molecular formula is C9H12O. The van der Waals surface area contributed by atoms with Crippen molar-refractivity contribution in [3.8, 4) is 0 Å². The van der Waals surface area contributed by atoms with Gasteiger partial charge in [-0.15, -0.1) is 0 Å². The van der Waals surface area contributed by atoms with Gasteiger partial charge in [-0.2, -0.15) is 0 Å². The number of ketones is 1. The molecule has 0 bridgehead atoms. The Bertz CT molecular complexity index is 195. The summed E-state index contributed by atoms with van der Waals surface area (Å²) in [4.78, 5) is 11.2. The van der Waals surface area contributed by atoms with Crippen molar-refractivity contribution in [1.29, 1.82) is 0 Å². The van der Waals surface area contributed by atoms with Gasteiger partial charge in [-0.25, -0.2) is 0 Å². The highest BCUT2D eigenvalue weighted by Gasteiger charge is 2.24. The van der Waals surface area contributed by atoms with Crippen LogP contribution in [0.25, 0.3) is 0 Å². The Morgan fingerprint density at radius 1 is 0.900 bits per heavy atom. The molecule has 0 spiro atoms. The second kappa shape index (κ2) is 2.22. The molecule has 0 atom stereocenters. The lowest BCUT2D eigenvalue weighted by atomic mass is 9.93. The first-order valence-corrected chi connectivity index (χ1v) is 4.12. The Labute approximate surface area is 61.1 Å². The van der Waals surface area contributed by atoms with Crippen LogP contribution in [-0.4, -0.2) is 5.78 Å². The van der Waals surface area contributed by atoms with Gasteiger partial charge in [0.05, 0.1) is 0 Å². The van der Waals surface area contributed by atoms with Crippen LogP contribution in [0.1, 0.15) is 38.5 Å². The Hall–Kier alpha value is -0.590. The Morgan fingerprint density at radius 3 is 2.20 bits per heavy atom. The zero-order valence-electron chi connectivity index (χ0n) is 6.15. The standard InChI is InChI=1S/C9H12O/c10-9-4-2-1-3-8(9)7-5-6-7/h1-6H2.